The third kappa shape index (κ3) is 7.05. The molecule has 1 fully saturated rings. The topological polar surface area (TPSA) is 65.7 Å². The number of nitriles is 1. The van der Waals surface area contributed by atoms with Crippen molar-refractivity contribution in [1.29, 1.82) is 5.26 Å². The van der Waals surface area contributed by atoms with Gasteiger partial charge in [0.25, 0.3) is 5.91 Å². The molecule has 1 amide bonds. The SMILES string of the molecule is C=CCc1cc(/C=C2\SC(=Nc3ccc(CC)cc3)N(c3ccc(CC)cc3)C2=O)cc(Br)c1OCc1ccccc1C#N. The van der Waals surface area contributed by atoms with Crippen LogP contribution in [0.5, 0.6) is 5.75 Å². The molecule has 1 heterocycles. The van der Waals surface area contributed by atoms with Gasteiger partial charge in [-0.15, -0.1) is 6.58 Å². The molecular weight excluding hydrogens is 630 g/mol. The zero-order valence-electron chi connectivity index (χ0n) is 24.7. The predicted octanol–water partition coefficient (Wildman–Crippen LogP) is 9.56. The molecule has 0 aliphatic carbocycles. The molecule has 0 unspecified atom stereocenters. The lowest BCUT2D eigenvalue weighted by molar-refractivity contribution is -0.113. The van der Waals surface area contributed by atoms with Gasteiger partial charge in [0.05, 0.1) is 32.4 Å². The molecule has 4 aromatic carbocycles. The number of halogens is 1. The maximum atomic E-state index is 13.9. The number of thioether (sulfide) groups is 1. The third-order valence-electron chi connectivity index (χ3n) is 7.29. The molecule has 0 bridgehead atoms. The minimum Gasteiger partial charge on any atom is -0.487 e. The Morgan fingerprint density at radius 2 is 1.66 bits per heavy atom. The van der Waals surface area contributed by atoms with Gasteiger partial charge in [-0.1, -0.05) is 62.4 Å². The average molecular weight is 663 g/mol. The molecule has 1 saturated heterocycles. The smallest absolute Gasteiger partial charge is 0.271 e. The summed E-state index contributed by atoms with van der Waals surface area (Å²) in [6.07, 6.45) is 6.16. The van der Waals surface area contributed by atoms with E-state index < -0.39 is 0 Å². The molecule has 4 aromatic rings. The van der Waals surface area contributed by atoms with E-state index in [1.54, 1.807) is 11.0 Å². The zero-order chi connectivity index (χ0) is 31.1. The van der Waals surface area contributed by atoms with Gasteiger partial charge in [-0.3, -0.25) is 9.69 Å². The Morgan fingerprint density at radius 3 is 2.32 bits per heavy atom. The van der Waals surface area contributed by atoms with Crippen LogP contribution in [-0.4, -0.2) is 11.1 Å². The van der Waals surface area contributed by atoms with E-state index >= 15 is 0 Å². The van der Waals surface area contributed by atoms with Crippen molar-refractivity contribution in [1.82, 2.24) is 0 Å². The quantitative estimate of drug-likeness (QED) is 0.125. The van der Waals surface area contributed by atoms with Crippen molar-refractivity contribution in [3.05, 3.63) is 140 Å². The first-order valence-corrected chi connectivity index (χ1v) is 16.1. The van der Waals surface area contributed by atoms with Crippen molar-refractivity contribution in [2.75, 3.05) is 4.90 Å². The maximum Gasteiger partial charge on any atom is 0.271 e. The van der Waals surface area contributed by atoms with Gasteiger partial charge >= 0.3 is 0 Å². The molecule has 1 aliphatic rings. The van der Waals surface area contributed by atoms with Crippen molar-refractivity contribution in [3.8, 4) is 11.8 Å². The minimum atomic E-state index is -0.127. The molecule has 0 radical (unpaired) electrons. The number of amidine groups is 1. The third-order valence-corrected chi connectivity index (χ3v) is 8.85. The lowest BCUT2D eigenvalue weighted by atomic mass is 10.1. The molecule has 220 valence electrons. The maximum absolute atomic E-state index is 13.9. The Kier molecular flexibility index (Phi) is 10.2. The van der Waals surface area contributed by atoms with E-state index in [0.29, 0.717) is 27.8 Å². The van der Waals surface area contributed by atoms with E-state index in [4.69, 9.17) is 9.73 Å². The summed E-state index contributed by atoms with van der Waals surface area (Å²) in [5.41, 5.74) is 7.18. The Hall–Kier alpha value is -4.38. The normalized spacial score (nSPS) is 14.7. The van der Waals surface area contributed by atoms with Crippen LogP contribution in [0.25, 0.3) is 6.08 Å². The first-order valence-electron chi connectivity index (χ1n) is 14.5. The minimum absolute atomic E-state index is 0.127. The monoisotopic (exact) mass is 661 g/mol. The standard InChI is InChI=1S/C37H32BrN3O2S/c1-4-9-28-20-27(21-33(38)35(28)43-24-30-11-8-7-10-29(30)23-39)22-34-36(42)41(32-18-14-26(6-3)15-19-32)37(44-34)40-31-16-12-25(5-2)13-17-31/h4,7-8,10-22H,1,5-6,9,24H2,2-3H3/b34-22-,40-37?. The number of anilines is 1. The second-order valence-corrected chi connectivity index (χ2v) is 12.1. The van der Waals surface area contributed by atoms with Crippen molar-refractivity contribution in [2.45, 2.75) is 39.7 Å². The molecule has 5 rings (SSSR count). The summed E-state index contributed by atoms with van der Waals surface area (Å²) in [7, 11) is 0. The highest BCUT2D eigenvalue weighted by molar-refractivity contribution is 9.10. The molecule has 0 spiro atoms. The van der Waals surface area contributed by atoms with Crippen molar-refractivity contribution < 1.29 is 9.53 Å². The Morgan fingerprint density at radius 1 is 0.977 bits per heavy atom. The van der Waals surface area contributed by atoms with Crippen LogP contribution in [0.3, 0.4) is 0 Å². The number of rotatable bonds is 10. The molecular formula is C37H32BrN3O2S. The van der Waals surface area contributed by atoms with Crippen LogP contribution in [0.1, 0.15) is 47.2 Å². The summed E-state index contributed by atoms with van der Waals surface area (Å²) in [5, 5.41) is 10.1. The zero-order valence-corrected chi connectivity index (χ0v) is 27.1. The molecule has 1 aliphatic heterocycles. The summed E-state index contributed by atoms with van der Waals surface area (Å²) in [6.45, 7) is 8.41. The molecule has 0 saturated carbocycles. The fourth-order valence-corrected chi connectivity index (χ4v) is 6.49. The van der Waals surface area contributed by atoms with Crippen LogP contribution in [0.4, 0.5) is 11.4 Å². The Labute approximate surface area is 271 Å². The largest absolute Gasteiger partial charge is 0.487 e. The lowest BCUT2D eigenvalue weighted by Crippen LogP contribution is -2.28. The van der Waals surface area contributed by atoms with Crippen molar-refractivity contribution in [3.63, 3.8) is 0 Å². The number of amides is 1. The summed E-state index contributed by atoms with van der Waals surface area (Å²) < 4.78 is 6.98. The number of carbonyl (C=O) groups excluding carboxylic acids is 1. The van der Waals surface area contributed by atoms with Gasteiger partial charge in [-0.05, 0) is 118 Å². The van der Waals surface area contributed by atoms with Gasteiger partial charge in [0.2, 0.25) is 0 Å². The molecule has 0 aromatic heterocycles. The summed E-state index contributed by atoms with van der Waals surface area (Å²) >= 11 is 5.05. The van der Waals surface area contributed by atoms with E-state index in [-0.39, 0.29) is 12.5 Å². The first kappa shape index (κ1) is 31.1. The summed E-state index contributed by atoms with van der Waals surface area (Å²) in [6, 6.07) is 29.7. The highest BCUT2D eigenvalue weighted by Crippen LogP contribution is 2.39. The Balaban J connectivity index is 1.49. The number of hydrogen-bond acceptors (Lipinski definition) is 5. The number of aliphatic imine (C=N–C) groups is 1. The second kappa shape index (κ2) is 14.4. The van der Waals surface area contributed by atoms with E-state index in [2.05, 4.69) is 66.7 Å². The van der Waals surface area contributed by atoms with Crippen LogP contribution >= 0.6 is 27.7 Å². The molecule has 0 atom stereocenters. The fourth-order valence-electron chi connectivity index (χ4n) is 4.86. The number of aryl methyl sites for hydroxylation is 2. The van der Waals surface area contributed by atoms with Gasteiger partial charge in [0.15, 0.2) is 5.17 Å². The molecule has 7 heteroatoms. The lowest BCUT2D eigenvalue weighted by Gasteiger charge is -2.16. The number of ether oxygens (including phenoxy) is 1. The number of allylic oxidation sites excluding steroid dienone is 1. The highest BCUT2D eigenvalue weighted by atomic mass is 79.9. The predicted molar refractivity (Wildman–Crippen MR) is 185 cm³/mol. The Bertz CT molecular complexity index is 1790. The summed E-state index contributed by atoms with van der Waals surface area (Å²) in [4.78, 5) is 21.1. The van der Waals surface area contributed by atoms with Crippen molar-refractivity contribution in [2.24, 2.45) is 4.99 Å². The molecule has 44 heavy (non-hydrogen) atoms. The van der Waals surface area contributed by atoms with Gasteiger partial charge in [-0.25, -0.2) is 4.99 Å². The van der Waals surface area contributed by atoms with Crippen molar-refractivity contribution >= 4 is 56.2 Å². The average Bonchev–Trinajstić information content (AvgIpc) is 3.34. The summed E-state index contributed by atoms with van der Waals surface area (Å²) in [5.74, 6) is 0.554. The van der Waals surface area contributed by atoms with E-state index in [0.717, 1.165) is 45.4 Å². The molecule has 0 N–H and O–H groups in total. The van der Waals surface area contributed by atoms with Gasteiger partial charge < -0.3 is 4.74 Å². The van der Waals surface area contributed by atoms with Gasteiger partial charge in [0, 0.05) is 5.56 Å². The van der Waals surface area contributed by atoms with Crippen LogP contribution in [0.15, 0.2) is 112 Å². The van der Waals surface area contributed by atoms with Gasteiger partial charge in [0.1, 0.15) is 12.4 Å². The number of benzene rings is 4. The van der Waals surface area contributed by atoms with Crippen LogP contribution in [-0.2, 0) is 30.7 Å². The first-order chi connectivity index (χ1) is 21.4. The molecule has 5 nitrogen and oxygen atoms in total. The number of nitrogens with zero attached hydrogens (tertiary/aromatic N) is 3. The fraction of sp³-hybridized carbons (Fsp3) is 0.162. The van der Waals surface area contributed by atoms with E-state index in [1.165, 1.54) is 22.9 Å². The number of hydrogen-bond donors (Lipinski definition) is 0. The second-order valence-electron chi connectivity index (χ2n) is 10.2. The number of carbonyl (C=O) groups is 1. The van der Waals surface area contributed by atoms with E-state index in [1.807, 2.05) is 66.7 Å². The highest BCUT2D eigenvalue weighted by Gasteiger charge is 2.35. The van der Waals surface area contributed by atoms with Gasteiger partial charge in [-0.2, -0.15) is 5.26 Å². The van der Waals surface area contributed by atoms with E-state index in [9.17, 15) is 10.1 Å². The van der Waals surface area contributed by atoms with Crippen LogP contribution in [0.2, 0.25) is 0 Å². The van der Waals surface area contributed by atoms with Crippen LogP contribution in [0, 0.1) is 11.3 Å². The van der Waals surface area contributed by atoms with Crippen LogP contribution < -0.4 is 9.64 Å².